The van der Waals surface area contributed by atoms with E-state index in [9.17, 15) is 0 Å². The summed E-state index contributed by atoms with van der Waals surface area (Å²) in [6.07, 6.45) is 0. The standard InChI is InChI=1S/C48H30N2S/c1-2-13-31(14-3-1)32-15-10-18-35(29-32)50-41-23-7-4-19-37(41)38-27-28-43-47(48(38)50)39-20-5-8-24-42(39)49(43)34-17-11-16-33(30-34)36-22-12-26-45-46(36)40-21-6-9-25-44(40)51-45/h1-30H. The molecule has 0 N–H and O–H groups in total. The summed E-state index contributed by atoms with van der Waals surface area (Å²) in [4.78, 5) is 0. The van der Waals surface area contributed by atoms with Gasteiger partial charge >= 0.3 is 0 Å². The number of hydrogen-bond acceptors (Lipinski definition) is 1. The van der Waals surface area contributed by atoms with Crippen LogP contribution in [0.25, 0.3) is 97.4 Å². The number of rotatable bonds is 4. The summed E-state index contributed by atoms with van der Waals surface area (Å²) >= 11 is 1.87. The van der Waals surface area contributed by atoms with Gasteiger partial charge in [0.1, 0.15) is 0 Å². The molecule has 0 aliphatic carbocycles. The Kier molecular flexibility index (Phi) is 6.16. The molecule has 0 aliphatic rings. The number of aromatic nitrogens is 2. The summed E-state index contributed by atoms with van der Waals surface area (Å²) in [6, 6.07) is 66.6. The van der Waals surface area contributed by atoms with Crippen LogP contribution in [0.1, 0.15) is 0 Å². The highest BCUT2D eigenvalue weighted by molar-refractivity contribution is 7.25. The van der Waals surface area contributed by atoms with Crippen LogP contribution in [-0.2, 0) is 0 Å². The molecule has 3 aromatic heterocycles. The fourth-order valence-corrected chi connectivity index (χ4v) is 9.47. The lowest BCUT2D eigenvalue weighted by Gasteiger charge is -2.12. The Morgan fingerprint density at radius 1 is 0.333 bits per heavy atom. The zero-order valence-corrected chi connectivity index (χ0v) is 28.4. The lowest BCUT2D eigenvalue weighted by molar-refractivity contribution is 1.17. The van der Waals surface area contributed by atoms with Crippen molar-refractivity contribution >= 4 is 75.1 Å². The Balaban J connectivity index is 1.20. The van der Waals surface area contributed by atoms with Gasteiger partial charge in [-0.2, -0.15) is 0 Å². The monoisotopic (exact) mass is 666 g/mol. The Morgan fingerprint density at radius 3 is 1.78 bits per heavy atom. The summed E-state index contributed by atoms with van der Waals surface area (Å²) in [5.41, 5.74) is 12.1. The van der Waals surface area contributed by atoms with E-state index in [1.165, 1.54) is 86.0 Å². The second-order valence-corrected chi connectivity index (χ2v) is 14.4. The van der Waals surface area contributed by atoms with Gasteiger partial charge in [-0.1, -0.05) is 127 Å². The first-order valence-corrected chi connectivity index (χ1v) is 18.3. The molecule has 2 nitrogen and oxygen atoms in total. The minimum atomic E-state index is 1.16. The molecule has 0 fully saturated rings. The average molecular weight is 667 g/mol. The summed E-state index contributed by atoms with van der Waals surface area (Å²) < 4.78 is 7.59. The molecule has 3 heterocycles. The predicted molar refractivity (Wildman–Crippen MR) is 219 cm³/mol. The van der Waals surface area contributed by atoms with Crippen molar-refractivity contribution in [2.24, 2.45) is 0 Å². The molecule has 0 saturated heterocycles. The van der Waals surface area contributed by atoms with Gasteiger partial charge in [-0.3, -0.25) is 0 Å². The highest BCUT2D eigenvalue weighted by Gasteiger charge is 2.21. The normalized spacial score (nSPS) is 11.9. The summed E-state index contributed by atoms with van der Waals surface area (Å²) in [6.45, 7) is 0. The Hall–Kier alpha value is -6.42. The molecule has 0 amide bonds. The molecule has 0 spiro atoms. The maximum Gasteiger partial charge on any atom is 0.0641 e. The van der Waals surface area contributed by atoms with Gasteiger partial charge in [-0.15, -0.1) is 11.3 Å². The van der Waals surface area contributed by atoms with E-state index in [0.29, 0.717) is 0 Å². The van der Waals surface area contributed by atoms with Gasteiger partial charge in [-0.05, 0) is 76.9 Å². The minimum Gasteiger partial charge on any atom is -0.309 e. The van der Waals surface area contributed by atoms with Gasteiger partial charge in [0, 0.05) is 53.1 Å². The number of para-hydroxylation sites is 2. The van der Waals surface area contributed by atoms with Crippen molar-refractivity contribution in [1.82, 2.24) is 9.13 Å². The zero-order chi connectivity index (χ0) is 33.5. The second kappa shape index (κ2) is 11.0. The van der Waals surface area contributed by atoms with E-state index < -0.39 is 0 Å². The molecule has 11 rings (SSSR count). The van der Waals surface area contributed by atoms with Crippen molar-refractivity contribution in [2.75, 3.05) is 0 Å². The molecule has 11 aromatic rings. The van der Waals surface area contributed by atoms with Crippen LogP contribution in [0.5, 0.6) is 0 Å². The SMILES string of the molecule is c1ccc(-c2cccc(-n3c4ccccc4c4ccc5c(c6ccccc6n5-c5cccc(-c6cccc7sc8ccccc8c67)c5)c43)c2)cc1. The Labute approximate surface area is 298 Å². The van der Waals surface area contributed by atoms with Crippen LogP contribution in [0.4, 0.5) is 0 Å². The van der Waals surface area contributed by atoms with Gasteiger partial charge in [-0.25, -0.2) is 0 Å². The number of nitrogens with zero attached hydrogens (tertiary/aromatic N) is 2. The largest absolute Gasteiger partial charge is 0.309 e. The predicted octanol–water partition coefficient (Wildman–Crippen LogP) is 13.6. The molecule has 0 unspecified atom stereocenters. The highest BCUT2D eigenvalue weighted by Crippen LogP contribution is 2.44. The van der Waals surface area contributed by atoms with Crippen molar-refractivity contribution in [3.8, 4) is 33.6 Å². The van der Waals surface area contributed by atoms with E-state index in [-0.39, 0.29) is 0 Å². The molecular weight excluding hydrogens is 637 g/mol. The maximum atomic E-state index is 2.48. The van der Waals surface area contributed by atoms with Crippen LogP contribution in [0.2, 0.25) is 0 Å². The van der Waals surface area contributed by atoms with Gasteiger partial charge in [0.05, 0.1) is 22.1 Å². The van der Waals surface area contributed by atoms with Crippen LogP contribution in [0, 0.1) is 0 Å². The van der Waals surface area contributed by atoms with E-state index >= 15 is 0 Å². The molecule has 0 saturated carbocycles. The molecular formula is C48H30N2S. The summed E-state index contributed by atoms with van der Waals surface area (Å²) in [7, 11) is 0. The van der Waals surface area contributed by atoms with Gasteiger partial charge < -0.3 is 9.13 Å². The van der Waals surface area contributed by atoms with Gasteiger partial charge in [0.2, 0.25) is 0 Å². The number of hydrogen-bond donors (Lipinski definition) is 0. The molecule has 0 bridgehead atoms. The van der Waals surface area contributed by atoms with E-state index in [2.05, 4.69) is 191 Å². The first-order chi connectivity index (χ1) is 25.3. The van der Waals surface area contributed by atoms with Crippen molar-refractivity contribution in [2.45, 2.75) is 0 Å². The molecule has 0 radical (unpaired) electrons. The first kappa shape index (κ1) is 28.4. The van der Waals surface area contributed by atoms with Crippen LogP contribution < -0.4 is 0 Å². The molecule has 8 aromatic carbocycles. The third-order valence-corrected chi connectivity index (χ3v) is 11.6. The van der Waals surface area contributed by atoms with E-state index in [1.807, 2.05) is 11.3 Å². The second-order valence-electron chi connectivity index (χ2n) is 13.3. The quantitative estimate of drug-likeness (QED) is 0.177. The molecule has 3 heteroatoms. The minimum absolute atomic E-state index is 1.16. The van der Waals surface area contributed by atoms with E-state index in [1.54, 1.807) is 0 Å². The number of fused-ring (bicyclic) bond motifs is 10. The van der Waals surface area contributed by atoms with Crippen molar-refractivity contribution in [1.29, 1.82) is 0 Å². The van der Waals surface area contributed by atoms with Gasteiger partial charge in [0.25, 0.3) is 0 Å². The van der Waals surface area contributed by atoms with E-state index in [4.69, 9.17) is 0 Å². The molecule has 238 valence electrons. The zero-order valence-electron chi connectivity index (χ0n) is 27.6. The third-order valence-electron chi connectivity index (χ3n) is 10.5. The summed E-state index contributed by atoms with van der Waals surface area (Å²) in [5, 5.41) is 7.69. The first-order valence-electron chi connectivity index (χ1n) is 17.4. The maximum absolute atomic E-state index is 2.48. The van der Waals surface area contributed by atoms with Crippen molar-refractivity contribution in [3.63, 3.8) is 0 Å². The lowest BCUT2D eigenvalue weighted by atomic mass is 9.99. The Bertz CT molecular complexity index is 3140. The highest BCUT2D eigenvalue weighted by atomic mass is 32.1. The fraction of sp³-hybridized carbons (Fsp3) is 0. The Morgan fingerprint density at radius 2 is 0.941 bits per heavy atom. The molecule has 0 aliphatic heterocycles. The lowest BCUT2D eigenvalue weighted by Crippen LogP contribution is -1.96. The third kappa shape index (κ3) is 4.22. The van der Waals surface area contributed by atoms with Crippen LogP contribution in [0.3, 0.4) is 0 Å². The fourth-order valence-electron chi connectivity index (χ4n) is 8.34. The van der Waals surface area contributed by atoms with Crippen LogP contribution in [-0.4, -0.2) is 9.13 Å². The van der Waals surface area contributed by atoms with Crippen molar-refractivity contribution < 1.29 is 0 Å². The molecule has 0 atom stereocenters. The van der Waals surface area contributed by atoms with Crippen LogP contribution >= 0.6 is 11.3 Å². The van der Waals surface area contributed by atoms with Crippen molar-refractivity contribution in [3.05, 3.63) is 182 Å². The average Bonchev–Trinajstić information content (AvgIpc) is 3.86. The number of thiophene rings is 1. The smallest absolute Gasteiger partial charge is 0.0641 e. The topological polar surface area (TPSA) is 9.86 Å². The number of benzene rings is 8. The molecule has 51 heavy (non-hydrogen) atoms. The summed E-state index contributed by atoms with van der Waals surface area (Å²) in [5.74, 6) is 0. The van der Waals surface area contributed by atoms with Gasteiger partial charge in [0.15, 0.2) is 0 Å². The van der Waals surface area contributed by atoms with E-state index in [0.717, 1.165) is 11.4 Å². The van der Waals surface area contributed by atoms with Crippen LogP contribution in [0.15, 0.2) is 182 Å².